The Morgan fingerprint density at radius 2 is 2.20 bits per heavy atom. The highest BCUT2D eigenvalue weighted by molar-refractivity contribution is 9.10. The first kappa shape index (κ1) is 14.8. The van der Waals surface area contributed by atoms with Crippen molar-refractivity contribution >= 4 is 27.7 Å². The van der Waals surface area contributed by atoms with Gasteiger partial charge in [0.15, 0.2) is 6.61 Å². The maximum absolute atomic E-state index is 11.8. The lowest BCUT2D eigenvalue weighted by Gasteiger charge is -2.17. The second-order valence-electron chi connectivity index (χ2n) is 4.84. The molecule has 1 N–H and O–H groups in total. The van der Waals surface area contributed by atoms with E-state index in [4.69, 9.17) is 4.74 Å². The van der Waals surface area contributed by atoms with Gasteiger partial charge in [0.05, 0.1) is 6.54 Å². The Bertz CT molecular complexity index is 503. The van der Waals surface area contributed by atoms with Crippen molar-refractivity contribution < 1.29 is 14.3 Å². The molecule has 1 aromatic rings. The highest BCUT2D eigenvalue weighted by atomic mass is 79.9. The minimum atomic E-state index is -0.226. The lowest BCUT2D eigenvalue weighted by Crippen LogP contribution is -2.40. The van der Waals surface area contributed by atoms with E-state index in [1.54, 1.807) is 19.2 Å². The third-order valence-corrected chi connectivity index (χ3v) is 3.40. The van der Waals surface area contributed by atoms with Crippen LogP contribution in [-0.4, -0.2) is 43.0 Å². The monoisotopic (exact) mass is 340 g/mol. The molecule has 1 saturated carbocycles. The predicted molar refractivity (Wildman–Crippen MR) is 78.4 cm³/mol. The first-order valence-corrected chi connectivity index (χ1v) is 7.25. The molecule has 0 atom stereocenters. The van der Waals surface area contributed by atoms with Crippen molar-refractivity contribution in [1.29, 1.82) is 0 Å². The summed E-state index contributed by atoms with van der Waals surface area (Å²) in [6, 6.07) is 7.58. The van der Waals surface area contributed by atoms with Gasteiger partial charge >= 0.3 is 0 Å². The smallest absolute Gasteiger partial charge is 0.260 e. The van der Waals surface area contributed by atoms with Crippen molar-refractivity contribution in [2.24, 2.45) is 0 Å². The minimum absolute atomic E-state index is 0.0666. The van der Waals surface area contributed by atoms with Gasteiger partial charge in [-0.15, -0.1) is 0 Å². The summed E-state index contributed by atoms with van der Waals surface area (Å²) in [6.07, 6.45) is 2.07. The van der Waals surface area contributed by atoms with Crippen molar-refractivity contribution in [3.05, 3.63) is 28.7 Å². The Morgan fingerprint density at radius 1 is 1.45 bits per heavy atom. The van der Waals surface area contributed by atoms with Crippen LogP contribution in [-0.2, 0) is 9.59 Å². The summed E-state index contributed by atoms with van der Waals surface area (Å²) < 4.78 is 6.28. The van der Waals surface area contributed by atoms with Crippen molar-refractivity contribution in [3.63, 3.8) is 0 Å². The quantitative estimate of drug-likeness (QED) is 0.854. The molecular formula is C14H17BrN2O3. The molecular weight excluding hydrogens is 324 g/mol. The Labute approximate surface area is 126 Å². The number of nitrogens with one attached hydrogen (secondary N) is 1. The van der Waals surface area contributed by atoms with Gasteiger partial charge < -0.3 is 15.0 Å². The number of benzene rings is 1. The molecule has 0 saturated heterocycles. The second kappa shape index (κ2) is 6.74. The van der Waals surface area contributed by atoms with Crippen LogP contribution in [0.5, 0.6) is 5.75 Å². The van der Waals surface area contributed by atoms with E-state index >= 15 is 0 Å². The molecule has 0 unspecified atom stereocenters. The van der Waals surface area contributed by atoms with E-state index in [1.807, 2.05) is 12.1 Å². The maximum atomic E-state index is 11.8. The zero-order chi connectivity index (χ0) is 14.5. The van der Waals surface area contributed by atoms with E-state index in [0.29, 0.717) is 11.8 Å². The van der Waals surface area contributed by atoms with Crippen LogP contribution in [0.2, 0.25) is 0 Å². The van der Waals surface area contributed by atoms with E-state index in [1.165, 1.54) is 4.90 Å². The molecule has 1 aliphatic carbocycles. The molecule has 1 fully saturated rings. The largest absolute Gasteiger partial charge is 0.484 e. The molecule has 5 nitrogen and oxygen atoms in total. The normalized spacial score (nSPS) is 13.7. The summed E-state index contributed by atoms with van der Waals surface area (Å²) in [7, 11) is 1.60. The fourth-order valence-corrected chi connectivity index (χ4v) is 1.99. The zero-order valence-electron chi connectivity index (χ0n) is 11.3. The fourth-order valence-electron chi connectivity index (χ4n) is 1.62. The number of carbonyl (C=O) groups excluding carboxylic acids is 2. The van der Waals surface area contributed by atoms with Crippen LogP contribution < -0.4 is 10.1 Å². The topological polar surface area (TPSA) is 58.6 Å². The van der Waals surface area contributed by atoms with Gasteiger partial charge in [0.1, 0.15) is 5.75 Å². The highest BCUT2D eigenvalue weighted by Gasteiger charge is 2.24. The molecule has 0 radical (unpaired) electrons. The molecule has 0 heterocycles. The molecule has 20 heavy (non-hydrogen) atoms. The maximum Gasteiger partial charge on any atom is 0.260 e. The van der Waals surface area contributed by atoms with Crippen molar-refractivity contribution in [2.45, 2.75) is 18.9 Å². The van der Waals surface area contributed by atoms with Gasteiger partial charge in [0.25, 0.3) is 5.91 Å². The summed E-state index contributed by atoms with van der Waals surface area (Å²) in [6.45, 7) is -0.0131. The number of hydrogen-bond acceptors (Lipinski definition) is 3. The average Bonchev–Trinajstić information content (AvgIpc) is 3.19. The molecule has 2 amide bonds. The number of hydrogen-bond donors (Lipinski definition) is 1. The van der Waals surface area contributed by atoms with Crippen molar-refractivity contribution in [2.75, 3.05) is 20.2 Å². The minimum Gasteiger partial charge on any atom is -0.484 e. The molecule has 0 spiro atoms. The van der Waals surface area contributed by atoms with Crippen LogP contribution in [0.3, 0.4) is 0 Å². The molecule has 2 rings (SSSR count). The SMILES string of the molecule is CN(CC(=O)NC1CC1)C(=O)COc1cccc(Br)c1. The van der Waals surface area contributed by atoms with E-state index in [9.17, 15) is 9.59 Å². The molecule has 1 aromatic carbocycles. The van der Waals surface area contributed by atoms with Gasteiger partial charge in [-0.05, 0) is 31.0 Å². The number of rotatable bonds is 6. The van der Waals surface area contributed by atoms with Crippen LogP contribution >= 0.6 is 15.9 Å². The summed E-state index contributed by atoms with van der Waals surface area (Å²) >= 11 is 3.33. The molecule has 108 valence electrons. The Hall–Kier alpha value is -1.56. The molecule has 0 bridgehead atoms. The molecule has 0 aliphatic heterocycles. The number of carbonyl (C=O) groups is 2. The van der Waals surface area contributed by atoms with E-state index in [-0.39, 0.29) is 25.0 Å². The summed E-state index contributed by atoms with van der Waals surface area (Å²) in [4.78, 5) is 24.8. The number of nitrogens with zero attached hydrogens (tertiary/aromatic N) is 1. The number of amides is 2. The first-order valence-electron chi connectivity index (χ1n) is 6.46. The van der Waals surface area contributed by atoms with Gasteiger partial charge in [-0.3, -0.25) is 9.59 Å². The van der Waals surface area contributed by atoms with E-state index in [0.717, 1.165) is 17.3 Å². The lowest BCUT2D eigenvalue weighted by molar-refractivity contribution is -0.136. The van der Waals surface area contributed by atoms with Crippen LogP contribution in [0.25, 0.3) is 0 Å². The third-order valence-electron chi connectivity index (χ3n) is 2.91. The Balaban J connectivity index is 1.74. The van der Waals surface area contributed by atoms with Gasteiger partial charge in [0, 0.05) is 17.6 Å². The van der Waals surface area contributed by atoms with Crippen molar-refractivity contribution in [1.82, 2.24) is 10.2 Å². The van der Waals surface area contributed by atoms with Gasteiger partial charge in [-0.25, -0.2) is 0 Å². The predicted octanol–water partition coefficient (Wildman–Crippen LogP) is 1.56. The van der Waals surface area contributed by atoms with Crippen LogP contribution in [0.4, 0.5) is 0 Å². The van der Waals surface area contributed by atoms with E-state index in [2.05, 4.69) is 21.2 Å². The summed E-state index contributed by atoms with van der Waals surface area (Å²) in [5, 5.41) is 2.84. The Morgan fingerprint density at radius 3 is 2.85 bits per heavy atom. The van der Waals surface area contributed by atoms with Gasteiger partial charge in [-0.1, -0.05) is 22.0 Å². The number of halogens is 1. The zero-order valence-corrected chi connectivity index (χ0v) is 12.9. The van der Waals surface area contributed by atoms with Crippen LogP contribution in [0.1, 0.15) is 12.8 Å². The van der Waals surface area contributed by atoms with Crippen LogP contribution in [0.15, 0.2) is 28.7 Å². The highest BCUT2D eigenvalue weighted by Crippen LogP contribution is 2.18. The number of ether oxygens (including phenoxy) is 1. The molecule has 1 aliphatic rings. The van der Waals surface area contributed by atoms with Crippen LogP contribution in [0, 0.1) is 0 Å². The van der Waals surface area contributed by atoms with Crippen molar-refractivity contribution in [3.8, 4) is 5.75 Å². The van der Waals surface area contributed by atoms with E-state index < -0.39 is 0 Å². The first-order chi connectivity index (χ1) is 9.54. The standard InChI is InChI=1S/C14H17BrN2O3/c1-17(8-13(18)16-11-5-6-11)14(19)9-20-12-4-2-3-10(15)7-12/h2-4,7,11H,5-6,8-9H2,1H3,(H,16,18). The summed E-state index contributed by atoms with van der Waals surface area (Å²) in [5.74, 6) is 0.269. The molecule has 6 heteroatoms. The lowest BCUT2D eigenvalue weighted by atomic mass is 10.3. The Kier molecular flexibility index (Phi) is 5.00. The second-order valence-corrected chi connectivity index (χ2v) is 5.75. The van der Waals surface area contributed by atoms with Gasteiger partial charge in [0.2, 0.25) is 5.91 Å². The third kappa shape index (κ3) is 4.85. The van der Waals surface area contributed by atoms with Gasteiger partial charge in [-0.2, -0.15) is 0 Å². The number of likely N-dealkylation sites (N-methyl/N-ethyl adjacent to an activating group) is 1. The summed E-state index contributed by atoms with van der Waals surface area (Å²) in [5.41, 5.74) is 0. The average molecular weight is 341 g/mol. The molecule has 0 aromatic heterocycles. The fraction of sp³-hybridized carbons (Fsp3) is 0.429.